The molecule has 0 saturated carbocycles. The maximum absolute atomic E-state index is 11.6. The molecule has 16 heavy (non-hydrogen) atoms. The molecule has 0 spiro atoms. The standard InChI is InChI=1S/C9H19NO5S/c1-9(12,7-11)6-10-16(13,14)5-8-3-2-4-15-8/h8,10-12H,2-7H2,1H3. The first-order valence-corrected chi connectivity index (χ1v) is 6.92. The molecule has 1 aliphatic rings. The van der Waals surface area contributed by atoms with Crippen molar-refractivity contribution in [2.75, 3.05) is 25.5 Å². The van der Waals surface area contributed by atoms with Gasteiger partial charge in [-0.2, -0.15) is 0 Å². The highest BCUT2D eigenvalue weighted by Crippen LogP contribution is 2.13. The third-order valence-corrected chi connectivity index (χ3v) is 3.84. The number of nitrogens with one attached hydrogen (secondary N) is 1. The molecule has 0 aliphatic carbocycles. The van der Waals surface area contributed by atoms with Crippen LogP contribution in [-0.4, -0.2) is 55.8 Å². The van der Waals surface area contributed by atoms with Crippen molar-refractivity contribution in [2.24, 2.45) is 0 Å². The molecule has 0 bridgehead atoms. The van der Waals surface area contributed by atoms with E-state index in [1.54, 1.807) is 0 Å². The number of ether oxygens (including phenoxy) is 1. The zero-order valence-corrected chi connectivity index (χ0v) is 10.2. The van der Waals surface area contributed by atoms with Crippen LogP contribution in [0, 0.1) is 0 Å². The molecule has 2 atom stereocenters. The summed E-state index contributed by atoms with van der Waals surface area (Å²) in [6.07, 6.45) is 1.38. The van der Waals surface area contributed by atoms with E-state index >= 15 is 0 Å². The van der Waals surface area contributed by atoms with Gasteiger partial charge in [-0.3, -0.25) is 0 Å². The van der Waals surface area contributed by atoms with Gasteiger partial charge in [0.1, 0.15) is 0 Å². The topological polar surface area (TPSA) is 95.9 Å². The normalized spacial score (nSPS) is 25.6. The van der Waals surface area contributed by atoms with Gasteiger partial charge in [0, 0.05) is 13.2 Å². The van der Waals surface area contributed by atoms with Crippen molar-refractivity contribution in [1.82, 2.24) is 4.72 Å². The lowest BCUT2D eigenvalue weighted by Gasteiger charge is -2.21. The summed E-state index contributed by atoms with van der Waals surface area (Å²) in [5, 5.41) is 18.2. The molecule has 96 valence electrons. The van der Waals surface area contributed by atoms with E-state index in [0.29, 0.717) is 6.61 Å². The highest BCUT2D eigenvalue weighted by atomic mass is 32.2. The summed E-state index contributed by atoms with van der Waals surface area (Å²) in [5.74, 6) is -0.0888. The number of rotatable bonds is 6. The Kier molecular flexibility index (Phi) is 4.69. The van der Waals surface area contributed by atoms with E-state index in [9.17, 15) is 13.5 Å². The second kappa shape index (κ2) is 5.42. The van der Waals surface area contributed by atoms with Crippen LogP contribution in [-0.2, 0) is 14.8 Å². The predicted octanol–water partition coefficient (Wildman–Crippen LogP) is -1.17. The van der Waals surface area contributed by atoms with Gasteiger partial charge in [-0.25, -0.2) is 13.1 Å². The van der Waals surface area contributed by atoms with Crippen LogP contribution in [0.1, 0.15) is 19.8 Å². The summed E-state index contributed by atoms with van der Waals surface area (Å²) >= 11 is 0. The fourth-order valence-corrected chi connectivity index (χ4v) is 2.80. The molecule has 0 amide bonds. The minimum absolute atomic E-state index is 0.0888. The maximum Gasteiger partial charge on any atom is 0.214 e. The molecule has 0 aromatic carbocycles. The van der Waals surface area contributed by atoms with Crippen LogP contribution in [0.25, 0.3) is 0 Å². The summed E-state index contributed by atoms with van der Waals surface area (Å²) in [7, 11) is -3.45. The summed E-state index contributed by atoms with van der Waals surface area (Å²) in [6, 6.07) is 0. The Labute approximate surface area is 95.7 Å². The second-order valence-corrected chi connectivity index (χ2v) is 6.24. The lowest BCUT2D eigenvalue weighted by Crippen LogP contribution is -2.44. The van der Waals surface area contributed by atoms with Crippen molar-refractivity contribution in [3.05, 3.63) is 0 Å². The van der Waals surface area contributed by atoms with Crippen LogP contribution in [0.4, 0.5) is 0 Å². The summed E-state index contributed by atoms with van der Waals surface area (Å²) in [5.41, 5.74) is -1.43. The average molecular weight is 253 g/mol. The van der Waals surface area contributed by atoms with Crippen LogP contribution in [0.3, 0.4) is 0 Å². The molecular weight excluding hydrogens is 234 g/mol. The van der Waals surface area contributed by atoms with Crippen LogP contribution < -0.4 is 4.72 Å². The maximum atomic E-state index is 11.6. The molecule has 0 aromatic heterocycles. The minimum atomic E-state index is -3.45. The molecule has 6 nitrogen and oxygen atoms in total. The van der Waals surface area contributed by atoms with Crippen molar-refractivity contribution < 1.29 is 23.4 Å². The number of hydrogen-bond donors (Lipinski definition) is 3. The average Bonchev–Trinajstić information content (AvgIpc) is 2.67. The van der Waals surface area contributed by atoms with Gasteiger partial charge >= 0.3 is 0 Å². The first-order valence-electron chi connectivity index (χ1n) is 5.27. The van der Waals surface area contributed by atoms with Gasteiger partial charge in [0.2, 0.25) is 10.0 Å². The Morgan fingerprint density at radius 1 is 1.56 bits per heavy atom. The highest BCUT2D eigenvalue weighted by molar-refractivity contribution is 7.89. The Bertz CT molecular complexity index is 308. The van der Waals surface area contributed by atoms with E-state index in [1.165, 1.54) is 6.92 Å². The number of hydrogen-bond acceptors (Lipinski definition) is 5. The molecule has 1 rings (SSSR count). The SMILES string of the molecule is CC(O)(CO)CNS(=O)(=O)CC1CCCO1. The number of sulfonamides is 1. The Hall–Kier alpha value is -0.210. The van der Waals surface area contributed by atoms with Gasteiger partial charge in [0.05, 0.1) is 24.1 Å². The molecule has 3 N–H and O–H groups in total. The summed E-state index contributed by atoms with van der Waals surface area (Å²) in [6.45, 7) is 1.28. The predicted molar refractivity (Wildman–Crippen MR) is 58.5 cm³/mol. The van der Waals surface area contributed by atoms with Crippen LogP contribution in [0.2, 0.25) is 0 Å². The van der Waals surface area contributed by atoms with Crippen LogP contribution in [0.5, 0.6) is 0 Å². The first kappa shape index (κ1) is 13.9. The molecule has 7 heteroatoms. The second-order valence-electron chi connectivity index (χ2n) is 4.39. The fourth-order valence-electron chi connectivity index (χ4n) is 1.40. The molecule has 0 radical (unpaired) electrons. The van der Waals surface area contributed by atoms with E-state index in [2.05, 4.69) is 4.72 Å². The molecule has 1 aliphatic heterocycles. The van der Waals surface area contributed by atoms with Gasteiger partial charge < -0.3 is 14.9 Å². The van der Waals surface area contributed by atoms with E-state index in [1.807, 2.05) is 0 Å². The largest absolute Gasteiger partial charge is 0.393 e. The Balaban J connectivity index is 2.39. The smallest absolute Gasteiger partial charge is 0.214 e. The third kappa shape index (κ3) is 4.75. The van der Waals surface area contributed by atoms with Crippen molar-refractivity contribution in [2.45, 2.75) is 31.5 Å². The Morgan fingerprint density at radius 3 is 2.75 bits per heavy atom. The zero-order chi connectivity index (χ0) is 12.2. The molecule has 2 unspecified atom stereocenters. The van der Waals surface area contributed by atoms with E-state index in [4.69, 9.17) is 9.84 Å². The van der Waals surface area contributed by atoms with Gasteiger partial charge in [0.25, 0.3) is 0 Å². The third-order valence-electron chi connectivity index (χ3n) is 2.44. The fraction of sp³-hybridized carbons (Fsp3) is 1.00. The van der Waals surface area contributed by atoms with E-state index in [0.717, 1.165) is 12.8 Å². The van der Waals surface area contributed by atoms with Crippen molar-refractivity contribution in [3.63, 3.8) is 0 Å². The Morgan fingerprint density at radius 2 is 2.25 bits per heavy atom. The number of aliphatic hydroxyl groups excluding tert-OH is 1. The molecule has 1 heterocycles. The van der Waals surface area contributed by atoms with Crippen molar-refractivity contribution in [1.29, 1.82) is 0 Å². The lowest BCUT2D eigenvalue weighted by molar-refractivity contribution is 0.00674. The van der Waals surface area contributed by atoms with E-state index < -0.39 is 22.2 Å². The number of aliphatic hydroxyl groups is 2. The quantitative estimate of drug-likeness (QED) is 0.554. The first-order chi connectivity index (χ1) is 7.35. The minimum Gasteiger partial charge on any atom is -0.393 e. The van der Waals surface area contributed by atoms with Gasteiger partial charge in [0.15, 0.2) is 0 Å². The van der Waals surface area contributed by atoms with Gasteiger partial charge in [-0.15, -0.1) is 0 Å². The molecule has 1 fully saturated rings. The molecule has 0 aromatic rings. The van der Waals surface area contributed by atoms with Crippen LogP contribution in [0.15, 0.2) is 0 Å². The van der Waals surface area contributed by atoms with Gasteiger partial charge in [-0.05, 0) is 19.8 Å². The van der Waals surface area contributed by atoms with Crippen molar-refractivity contribution >= 4 is 10.0 Å². The molecule has 1 saturated heterocycles. The monoisotopic (exact) mass is 253 g/mol. The zero-order valence-electron chi connectivity index (χ0n) is 9.35. The summed E-state index contributed by atoms with van der Waals surface area (Å²) < 4.78 is 30.6. The van der Waals surface area contributed by atoms with Gasteiger partial charge in [-0.1, -0.05) is 0 Å². The van der Waals surface area contributed by atoms with E-state index in [-0.39, 0.29) is 18.4 Å². The van der Waals surface area contributed by atoms with Crippen LogP contribution >= 0.6 is 0 Å². The summed E-state index contributed by atoms with van der Waals surface area (Å²) in [4.78, 5) is 0. The molecular formula is C9H19NO5S. The highest BCUT2D eigenvalue weighted by Gasteiger charge is 2.26. The lowest BCUT2D eigenvalue weighted by atomic mass is 10.1. The van der Waals surface area contributed by atoms with Crippen molar-refractivity contribution in [3.8, 4) is 0 Å².